The van der Waals surface area contributed by atoms with E-state index in [0.29, 0.717) is 45.0 Å². The minimum Gasteiger partial charge on any atom is -0.352 e. The molecular weight excluding hydrogens is 391 g/mol. The highest BCUT2D eigenvalue weighted by atomic mass is 32.1. The van der Waals surface area contributed by atoms with Crippen LogP contribution in [0.3, 0.4) is 0 Å². The van der Waals surface area contributed by atoms with Crippen molar-refractivity contribution in [3.63, 3.8) is 0 Å². The third-order valence-electron chi connectivity index (χ3n) is 5.40. The van der Waals surface area contributed by atoms with E-state index in [1.165, 1.54) is 11.5 Å². The summed E-state index contributed by atoms with van der Waals surface area (Å²) in [6.45, 7) is 6.37. The molecule has 2 aliphatic heterocycles. The van der Waals surface area contributed by atoms with Crippen LogP contribution in [-0.2, 0) is 0 Å². The lowest BCUT2D eigenvalue weighted by molar-refractivity contribution is 0.248. The fraction of sp³-hybridized carbons (Fsp3) is 0.579. The van der Waals surface area contributed by atoms with Gasteiger partial charge in [-0.25, -0.2) is 9.37 Å². The number of alkyl halides is 1. The van der Waals surface area contributed by atoms with Crippen molar-refractivity contribution in [2.75, 3.05) is 36.4 Å². The molecule has 29 heavy (non-hydrogen) atoms. The van der Waals surface area contributed by atoms with Gasteiger partial charge in [0.2, 0.25) is 5.95 Å². The standard InChI is InChI=1S/C19H25FN8S/c1-12-7-23-18(25-16-5-13(2)27-29-16)26-17(12)28-10-19(11-28,3-4-21)24-9-15-6-14(20)8-22-15/h5,7,14-15,22,24H,3,6,8-11H2,1-2H3,(H,23,25,26)/t14-,15+/m0/s1. The molecule has 2 aliphatic rings. The number of rotatable bonds is 7. The van der Waals surface area contributed by atoms with E-state index in [1.54, 1.807) is 6.20 Å². The maximum atomic E-state index is 13.4. The molecule has 3 N–H and O–H groups in total. The van der Waals surface area contributed by atoms with E-state index in [9.17, 15) is 9.65 Å². The number of nitrogens with zero attached hydrogens (tertiary/aromatic N) is 5. The van der Waals surface area contributed by atoms with Crippen molar-refractivity contribution in [1.82, 2.24) is 25.0 Å². The molecule has 0 amide bonds. The molecule has 0 radical (unpaired) electrons. The van der Waals surface area contributed by atoms with Crippen molar-refractivity contribution in [1.29, 1.82) is 5.26 Å². The highest BCUT2D eigenvalue weighted by Gasteiger charge is 2.44. The van der Waals surface area contributed by atoms with E-state index in [1.807, 2.05) is 19.9 Å². The average molecular weight is 417 g/mol. The van der Waals surface area contributed by atoms with Gasteiger partial charge in [0, 0.05) is 44.0 Å². The maximum Gasteiger partial charge on any atom is 0.229 e. The molecule has 2 saturated heterocycles. The maximum absolute atomic E-state index is 13.4. The third kappa shape index (κ3) is 4.47. The average Bonchev–Trinajstić information content (AvgIpc) is 3.26. The van der Waals surface area contributed by atoms with Crippen LogP contribution in [-0.4, -0.2) is 58.3 Å². The zero-order valence-electron chi connectivity index (χ0n) is 16.6. The first-order valence-corrected chi connectivity index (χ1v) is 10.5. The predicted molar refractivity (Wildman–Crippen MR) is 111 cm³/mol. The molecule has 0 aliphatic carbocycles. The number of nitriles is 1. The first kappa shape index (κ1) is 19.9. The summed E-state index contributed by atoms with van der Waals surface area (Å²) in [7, 11) is 0. The van der Waals surface area contributed by atoms with E-state index in [-0.39, 0.29) is 11.6 Å². The number of hydrogen-bond acceptors (Lipinski definition) is 9. The second kappa shape index (κ2) is 8.18. The quantitative estimate of drug-likeness (QED) is 0.630. The molecule has 2 aromatic heterocycles. The molecule has 4 heterocycles. The lowest BCUT2D eigenvalue weighted by Gasteiger charge is -2.51. The van der Waals surface area contributed by atoms with Gasteiger partial charge < -0.3 is 20.9 Å². The van der Waals surface area contributed by atoms with Crippen molar-refractivity contribution in [2.24, 2.45) is 0 Å². The third-order valence-corrected chi connectivity index (χ3v) is 6.20. The van der Waals surface area contributed by atoms with Gasteiger partial charge in [-0.3, -0.25) is 0 Å². The summed E-state index contributed by atoms with van der Waals surface area (Å²) in [5, 5.41) is 20.1. The second-order valence-electron chi connectivity index (χ2n) is 7.95. The molecule has 2 aromatic rings. The van der Waals surface area contributed by atoms with Crippen LogP contribution in [0.2, 0.25) is 0 Å². The van der Waals surface area contributed by atoms with Crippen LogP contribution in [0.5, 0.6) is 0 Å². The zero-order chi connectivity index (χ0) is 20.4. The van der Waals surface area contributed by atoms with E-state index in [4.69, 9.17) is 0 Å². The van der Waals surface area contributed by atoms with Gasteiger partial charge in [0.15, 0.2) is 0 Å². The monoisotopic (exact) mass is 416 g/mol. The summed E-state index contributed by atoms with van der Waals surface area (Å²) in [6.07, 6.45) is 1.96. The number of halogens is 1. The van der Waals surface area contributed by atoms with Crippen LogP contribution in [0.15, 0.2) is 12.3 Å². The van der Waals surface area contributed by atoms with Crippen LogP contribution in [0.1, 0.15) is 24.1 Å². The normalized spacial score (nSPS) is 22.9. The molecule has 2 atom stereocenters. The summed E-state index contributed by atoms with van der Waals surface area (Å²) in [4.78, 5) is 11.2. The van der Waals surface area contributed by atoms with Gasteiger partial charge in [0.05, 0.1) is 23.7 Å². The van der Waals surface area contributed by atoms with Gasteiger partial charge in [0.1, 0.15) is 17.0 Å². The Hall–Kier alpha value is -2.35. The Bertz CT molecular complexity index is 904. The number of aryl methyl sites for hydroxylation is 2. The lowest BCUT2D eigenvalue weighted by atomic mass is 9.86. The Morgan fingerprint density at radius 3 is 2.93 bits per heavy atom. The molecule has 0 bridgehead atoms. The molecule has 4 rings (SSSR count). The molecule has 0 aromatic carbocycles. The Morgan fingerprint density at radius 2 is 2.28 bits per heavy atom. The first-order chi connectivity index (χ1) is 14.0. The molecule has 8 nitrogen and oxygen atoms in total. The van der Waals surface area contributed by atoms with Crippen molar-refractivity contribution < 1.29 is 4.39 Å². The van der Waals surface area contributed by atoms with Gasteiger partial charge >= 0.3 is 0 Å². The molecule has 0 spiro atoms. The summed E-state index contributed by atoms with van der Waals surface area (Å²) >= 11 is 1.37. The van der Waals surface area contributed by atoms with Crippen LogP contribution in [0.4, 0.5) is 21.2 Å². The number of anilines is 3. The van der Waals surface area contributed by atoms with Gasteiger partial charge in [0.25, 0.3) is 0 Å². The minimum absolute atomic E-state index is 0.120. The highest BCUT2D eigenvalue weighted by Crippen LogP contribution is 2.32. The van der Waals surface area contributed by atoms with E-state index in [0.717, 1.165) is 22.1 Å². The number of nitrogens with one attached hydrogen (secondary N) is 3. The largest absolute Gasteiger partial charge is 0.352 e. The molecule has 0 unspecified atom stereocenters. The van der Waals surface area contributed by atoms with Gasteiger partial charge in [-0.2, -0.15) is 14.6 Å². The van der Waals surface area contributed by atoms with E-state index < -0.39 is 6.17 Å². The number of hydrogen-bond donors (Lipinski definition) is 3. The highest BCUT2D eigenvalue weighted by molar-refractivity contribution is 7.10. The van der Waals surface area contributed by atoms with Crippen LogP contribution < -0.4 is 20.9 Å². The second-order valence-corrected chi connectivity index (χ2v) is 8.75. The Labute approximate surface area is 173 Å². The SMILES string of the molecule is Cc1cc(Nc2ncc(C)c(N3CC(CC#N)(NC[C@H]4C[C@H](F)CN4)C3)n2)sn1. The number of aromatic nitrogens is 3. The fourth-order valence-corrected chi connectivity index (χ4v) is 4.54. The summed E-state index contributed by atoms with van der Waals surface area (Å²) in [5.41, 5.74) is 1.65. The molecule has 10 heteroatoms. The minimum atomic E-state index is -0.775. The first-order valence-electron chi connectivity index (χ1n) is 9.75. The van der Waals surface area contributed by atoms with Crippen LogP contribution in [0, 0.1) is 25.2 Å². The predicted octanol–water partition coefficient (Wildman–Crippen LogP) is 2.06. The van der Waals surface area contributed by atoms with Gasteiger partial charge in [-0.05, 0) is 37.9 Å². The lowest BCUT2D eigenvalue weighted by Crippen LogP contribution is -2.70. The summed E-state index contributed by atoms with van der Waals surface area (Å²) in [5.74, 6) is 1.39. The van der Waals surface area contributed by atoms with Gasteiger partial charge in [-0.15, -0.1) is 0 Å². The van der Waals surface area contributed by atoms with E-state index in [2.05, 4.69) is 41.3 Å². The Kier molecular flexibility index (Phi) is 5.63. The summed E-state index contributed by atoms with van der Waals surface area (Å²) < 4.78 is 17.6. The van der Waals surface area contributed by atoms with Crippen LogP contribution >= 0.6 is 11.5 Å². The summed E-state index contributed by atoms with van der Waals surface area (Å²) in [6, 6.07) is 4.37. The molecule has 2 fully saturated rings. The van der Waals surface area contributed by atoms with Gasteiger partial charge in [-0.1, -0.05) is 0 Å². The molecular formula is C19H25FN8S. The molecule has 154 valence electrons. The Morgan fingerprint density at radius 1 is 1.45 bits per heavy atom. The zero-order valence-corrected chi connectivity index (χ0v) is 17.4. The topological polar surface area (TPSA) is 102 Å². The van der Waals surface area contributed by atoms with Crippen molar-refractivity contribution in [2.45, 2.75) is 44.4 Å². The fourth-order valence-electron chi connectivity index (χ4n) is 3.88. The van der Waals surface area contributed by atoms with Crippen molar-refractivity contribution in [3.05, 3.63) is 23.5 Å². The molecule has 0 saturated carbocycles. The van der Waals surface area contributed by atoms with Crippen molar-refractivity contribution >= 4 is 28.3 Å². The van der Waals surface area contributed by atoms with Crippen LogP contribution in [0.25, 0.3) is 0 Å². The smallest absolute Gasteiger partial charge is 0.229 e. The van der Waals surface area contributed by atoms with E-state index >= 15 is 0 Å². The Balaban J connectivity index is 1.41. The van der Waals surface area contributed by atoms with Crippen molar-refractivity contribution in [3.8, 4) is 6.07 Å².